The lowest BCUT2D eigenvalue weighted by Crippen LogP contribution is -2.35. The molecule has 1 fully saturated rings. The zero-order chi connectivity index (χ0) is 16.1. The van der Waals surface area contributed by atoms with Crippen LogP contribution in [0.3, 0.4) is 0 Å². The van der Waals surface area contributed by atoms with Gasteiger partial charge in [-0.2, -0.15) is 0 Å². The van der Waals surface area contributed by atoms with Crippen molar-refractivity contribution in [3.8, 4) is 11.5 Å². The summed E-state index contributed by atoms with van der Waals surface area (Å²) in [5, 5.41) is 19.9. The van der Waals surface area contributed by atoms with Crippen molar-refractivity contribution in [1.82, 2.24) is 0 Å². The Morgan fingerprint density at radius 3 is 1.23 bits per heavy atom. The largest absolute Gasteiger partial charge is 0.506 e. The molecule has 0 bridgehead atoms. The van der Waals surface area contributed by atoms with Crippen molar-refractivity contribution in [2.75, 3.05) is 0 Å². The highest BCUT2D eigenvalue weighted by molar-refractivity contribution is 9.11. The highest BCUT2D eigenvalue weighted by Gasteiger charge is 2.41. The number of phenolic OH excluding ortho intramolecular Hbond substituents is 2. The topological polar surface area (TPSA) is 40.5 Å². The lowest BCUT2D eigenvalue weighted by molar-refractivity contribution is 0.300. The predicted octanol–water partition coefficient (Wildman–Crippen LogP) is 6.62. The molecule has 2 nitrogen and oxygen atoms in total. The minimum Gasteiger partial charge on any atom is -0.506 e. The first-order chi connectivity index (χ1) is 10.3. The van der Waals surface area contributed by atoms with Crippen LogP contribution in [0.1, 0.15) is 30.4 Å². The van der Waals surface area contributed by atoms with E-state index in [1.165, 1.54) is 0 Å². The van der Waals surface area contributed by atoms with Gasteiger partial charge in [-0.25, -0.2) is 0 Å². The molecule has 0 spiro atoms. The van der Waals surface area contributed by atoms with Crippen LogP contribution in [-0.2, 0) is 5.41 Å². The lowest BCUT2D eigenvalue weighted by Gasteiger charge is -2.43. The second-order valence-electron chi connectivity index (χ2n) is 5.51. The van der Waals surface area contributed by atoms with Crippen molar-refractivity contribution in [3.05, 3.63) is 53.3 Å². The molecule has 116 valence electrons. The number of aromatic hydroxyl groups is 2. The molecule has 3 rings (SSSR count). The maximum Gasteiger partial charge on any atom is 0.143 e. The second kappa shape index (κ2) is 6.11. The van der Waals surface area contributed by atoms with Crippen molar-refractivity contribution in [3.63, 3.8) is 0 Å². The maximum atomic E-state index is 9.94. The Hall–Kier alpha value is -0.0400. The van der Waals surface area contributed by atoms with Crippen LogP contribution in [0.5, 0.6) is 11.5 Å². The molecule has 2 aromatic rings. The van der Waals surface area contributed by atoms with Crippen LogP contribution in [0.25, 0.3) is 0 Å². The van der Waals surface area contributed by atoms with E-state index in [9.17, 15) is 10.2 Å². The number of phenols is 2. The predicted molar refractivity (Wildman–Crippen MR) is 102 cm³/mol. The molecule has 22 heavy (non-hydrogen) atoms. The molecule has 2 N–H and O–H groups in total. The lowest BCUT2D eigenvalue weighted by atomic mass is 9.60. The minimum absolute atomic E-state index is 0.0858. The van der Waals surface area contributed by atoms with E-state index in [2.05, 4.69) is 63.7 Å². The van der Waals surface area contributed by atoms with Gasteiger partial charge >= 0.3 is 0 Å². The zero-order valence-electron chi connectivity index (χ0n) is 11.3. The van der Waals surface area contributed by atoms with E-state index in [1.54, 1.807) is 0 Å². The zero-order valence-corrected chi connectivity index (χ0v) is 17.7. The molecule has 1 aliphatic carbocycles. The van der Waals surface area contributed by atoms with E-state index in [-0.39, 0.29) is 16.9 Å². The van der Waals surface area contributed by atoms with Crippen LogP contribution < -0.4 is 0 Å². The average Bonchev–Trinajstić information content (AvgIpc) is 2.40. The summed E-state index contributed by atoms with van der Waals surface area (Å²) < 4.78 is 2.72. The van der Waals surface area contributed by atoms with Gasteiger partial charge < -0.3 is 10.2 Å². The SMILES string of the molecule is Oc1c(Br)cc(C2(c3cc(Br)c(O)c(Br)c3)CCC2)cc1Br. The van der Waals surface area contributed by atoms with Gasteiger partial charge in [0.05, 0.1) is 17.9 Å². The van der Waals surface area contributed by atoms with Crippen LogP contribution in [0.4, 0.5) is 0 Å². The summed E-state index contributed by atoms with van der Waals surface area (Å²) in [5.74, 6) is 0.428. The highest BCUT2D eigenvalue weighted by Crippen LogP contribution is 2.53. The second-order valence-corrected chi connectivity index (χ2v) is 8.93. The molecule has 2 aromatic carbocycles. The van der Waals surface area contributed by atoms with E-state index in [0.29, 0.717) is 17.9 Å². The summed E-state index contributed by atoms with van der Waals surface area (Å²) in [7, 11) is 0. The van der Waals surface area contributed by atoms with Gasteiger partial charge in [0.25, 0.3) is 0 Å². The Kier molecular flexibility index (Phi) is 4.67. The van der Waals surface area contributed by atoms with Gasteiger partial charge in [-0.15, -0.1) is 0 Å². The van der Waals surface area contributed by atoms with E-state index in [1.807, 2.05) is 24.3 Å². The van der Waals surface area contributed by atoms with Crippen molar-refractivity contribution in [2.24, 2.45) is 0 Å². The van der Waals surface area contributed by atoms with Crippen molar-refractivity contribution < 1.29 is 10.2 Å². The Balaban J connectivity index is 2.18. The summed E-state index contributed by atoms with van der Waals surface area (Å²) in [4.78, 5) is 0. The van der Waals surface area contributed by atoms with Crippen LogP contribution in [0.2, 0.25) is 0 Å². The van der Waals surface area contributed by atoms with E-state index in [0.717, 1.165) is 30.4 Å². The molecule has 6 heteroatoms. The number of benzene rings is 2. The molecule has 0 unspecified atom stereocenters. The first kappa shape index (κ1) is 16.8. The summed E-state index contributed by atoms with van der Waals surface area (Å²) in [6.45, 7) is 0. The monoisotopic (exact) mass is 552 g/mol. The first-order valence-electron chi connectivity index (χ1n) is 6.72. The average molecular weight is 556 g/mol. The molecule has 1 aliphatic rings. The van der Waals surface area contributed by atoms with Gasteiger partial charge in [0.1, 0.15) is 11.5 Å². The van der Waals surface area contributed by atoms with Crippen LogP contribution >= 0.6 is 63.7 Å². The van der Waals surface area contributed by atoms with Crippen LogP contribution in [0, 0.1) is 0 Å². The Bertz CT molecular complexity index is 648. The highest BCUT2D eigenvalue weighted by atomic mass is 79.9. The Morgan fingerprint density at radius 1 is 0.682 bits per heavy atom. The summed E-state index contributed by atoms with van der Waals surface area (Å²) in [6.07, 6.45) is 3.24. The molecular weight excluding hydrogens is 544 g/mol. The number of hydrogen-bond acceptors (Lipinski definition) is 2. The summed E-state index contributed by atoms with van der Waals surface area (Å²) in [5.41, 5.74) is 2.22. The fourth-order valence-corrected chi connectivity index (χ4v) is 5.33. The summed E-state index contributed by atoms with van der Waals surface area (Å²) in [6, 6.07) is 7.92. The summed E-state index contributed by atoms with van der Waals surface area (Å²) >= 11 is 13.7. The minimum atomic E-state index is -0.0858. The van der Waals surface area contributed by atoms with Gasteiger partial charge in [0.2, 0.25) is 0 Å². The molecule has 1 saturated carbocycles. The first-order valence-corrected chi connectivity index (χ1v) is 9.89. The standard InChI is InChI=1S/C16H12Br4O2/c17-10-4-8(5-11(18)14(10)21)16(2-1-3-16)9-6-12(19)15(22)13(20)7-9/h4-7,21-22H,1-3H2. The van der Waals surface area contributed by atoms with Gasteiger partial charge in [-0.05, 0) is 112 Å². The number of halogens is 4. The Morgan fingerprint density at radius 2 is 1.00 bits per heavy atom. The normalized spacial score (nSPS) is 16.4. The van der Waals surface area contributed by atoms with E-state index < -0.39 is 0 Å². The fraction of sp³-hybridized carbons (Fsp3) is 0.250. The molecule has 0 amide bonds. The van der Waals surface area contributed by atoms with Crippen LogP contribution in [0.15, 0.2) is 42.2 Å². The third-order valence-corrected chi connectivity index (χ3v) is 6.76. The van der Waals surface area contributed by atoms with Crippen molar-refractivity contribution >= 4 is 63.7 Å². The van der Waals surface area contributed by atoms with Crippen molar-refractivity contribution in [1.29, 1.82) is 0 Å². The molecule has 0 atom stereocenters. The third kappa shape index (κ3) is 2.66. The number of hydrogen-bond donors (Lipinski definition) is 2. The maximum absolute atomic E-state index is 9.94. The van der Waals surface area contributed by atoms with E-state index >= 15 is 0 Å². The smallest absolute Gasteiger partial charge is 0.143 e. The molecule has 0 heterocycles. The third-order valence-electron chi connectivity index (χ3n) is 4.35. The van der Waals surface area contributed by atoms with Crippen molar-refractivity contribution in [2.45, 2.75) is 24.7 Å². The number of rotatable bonds is 2. The van der Waals surface area contributed by atoms with Crippen LogP contribution in [-0.4, -0.2) is 10.2 Å². The van der Waals surface area contributed by atoms with E-state index in [4.69, 9.17) is 0 Å². The molecule has 0 aromatic heterocycles. The molecular formula is C16H12Br4O2. The van der Waals surface area contributed by atoms with Gasteiger partial charge in [-0.1, -0.05) is 6.42 Å². The molecule has 0 radical (unpaired) electrons. The Labute approximate surface area is 162 Å². The van der Waals surface area contributed by atoms with Gasteiger partial charge in [0.15, 0.2) is 0 Å². The quantitative estimate of drug-likeness (QED) is 0.437. The molecule has 0 saturated heterocycles. The molecule has 0 aliphatic heterocycles. The van der Waals surface area contributed by atoms with Gasteiger partial charge in [-0.3, -0.25) is 0 Å². The fourth-order valence-electron chi connectivity index (χ4n) is 2.96. The van der Waals surface area contributed by atoms with Gasteiger partial charge in [0, 0.05) is 5.41 Å².